The number of ether oxygens (including phenoxy) is 1. The SMILES string of the molecule is Cc1cc(OC(C)C)nc(N2CCC(CN)C2)n1. The first kappa shape index (κ1) is 13.1. The normalized spacial score (nSPS) is 19.6. The molecule has 0 aliphatic carbocycles. The fraction of sp³-hybridized carbons (Fsp3) is 0.692. The topological polar surface area (TPSA) is 64.3 Å². The number of anilines is 1. The third-order valence-corrected chi connectivity index (χ3v) is 3.08. The van der Waals surface area contributed by atoms with E-state index in [1.807, 2.05) is 26.8 Å². The molecular formula is C13H22N4O. The number of nitrogens with two attached hydrogens (primary N) is 1. The molecule has 0 bridgehead atoms. The third kappa shape index (κ3) is 3.10. The number of rotatable bonds is 4. The van der Waals surface area contributed by atoms with E-state index in [1.165, 1.54) is 0 Å². The summed E-state index contributed by atoms with van der Waals surface area (Å²) in [6.45, 7) is 8.62. The lowest BCUT2D eigenvalue weighted by molar-refractivity contribution is 0.232. The first-order chi connectivity index (χ1) is 8.58. The van der Waals surface area contributed by atoms with E-state index in [0.29, 0.717) is 11.8 Å². The summed E-state index contributed by atoms with van der Waals surface area (Å²) in [5.74, 6) is 1.98. The number of nitrogens with zero attached hydrogens (tertiary/aromatic N) is 3. The monoisotopic (exact) mass is 250 g/mol. The average molecular weight is 250 g/mol. The first-order valence-electron chi connectivity index (χ1n) is 6.56. The summed E-state index contributed by atoms with van der Waals surface area (Å²) in [5, 5.41) is 0. The van der Waals surface area contributed by atoms with Gasteiger partial charge in [0.05, 0.1) is 6.10 Å². The van der Waals surface area contributed by atoms with Gasteiger partial charge in [-0.25, -0.2) is 4.98 Å². The zero-order chi connectivity index (χ0) is 13.1. The van der Waals surface area contributed by atoms with Crippen molar-refractivity contribution in [1.82, 2.24) is 9.97 Å². The van der Waals surface area contributed by atoms with Crippen molar-refractivity contribution in [2.45, 2.75) is 33.3 Å². The van der Waals surface area contributed by atoms with E-state index in [2.05, 4.69) is 14.9 Å². The van der Waals surface area contributed by atoms with Crippen LogP contribution in [-0.2, 0) is 0 Å². The molecule has 5 heteroatoms. The van der Waals surface area contributed by atoms with Crippen LogP contribution >= 0.6 is 0 Å². The Morgan fingerprint density at radius 2 is 2.28 bits per heavy atom. The molecule has 2 heterocycles. The fourth-order valence-electron chi connectivity index (χ4n) is 2.17. The minimum Gasteiger partial charge on any atom is -0.475 e. The highest BCUT2D eigenvalue weighted by Gasteiger charge is 2.23. The summed E-state index contributed by atoms with van der Waals surface area (Å²) in [6.07, 6.45) is 1.25. The van der Waals surface area contributed by atoms with Gasteiger partial charge in [-0.2, -0.15) is 4.98 Å². The van der Waals surface area contributed by atoms with E-state index in [0.717, 1.165) is 37.7 Å². The van der Waals surface area contributed by atoms with Crippen LogP contribution in [0.3, 0.4) is 0 Å². The van der Waals surface area contributed by atoms with Crippen molar-refractivity contribution in [3.63, 3.8) is 0 Å². The summed E-state index contributed by atoms with van der Waals surface area (Å²) >= 11 is 0. The Labute approximate surface area is 108 Å². The number of aryl methyl sites for hydroxylation is 1. The molecule has 2 N–H and O–H groups in total. The van der Waals surface area contributed by atoms with Crippen molar-refractivity contribution in [3.8, 4) is 5.88 Å². The van der Waals surface area contributed by atoms with Gasteiger partial charge in [-0.05, 0) is 39.7 Å². The molecule has 0 radical (unpaired) electrons. The Morgan fingerprint density at radius 3 is 2.89 bits per heavy atom. The average Bonchev–Trinajstić information content (AvgIpc) is 2.75. The van der Waals surface area contributed by atoms with Crippen LogP contribution in [0.4, 0.5) is 5.95 Å². The van der Waals surface area contributed by atoms with Crippen LogP contribution in [0.1, 0.15) is 26.0 Å². The van der Waals surface area contributed by atoms with Gasteiger partial charge >= 0.3 is 0 Å². The van der Waals surface area contributed by atoms with E-state index in [9.17, 15) is 0 Å². The van der Waals surface area contributed by atoms with Gasteiger partial charge < -0.3 is 15.4 Å². The molecule has 1 aliphatic rings. The molecule has 1 aromatic heterocycles. The molecule has 0 spiro atoms. The van der Waals surface area contributed by atoms with Crippen LogP contribution < -0.4 is 15.4 Å². The maximum atomic E-state index is 5.71. The molecule has 1 saturated heterocycles. The fourth-order valence-corrected chi connectivity index (χ4v) is 2.17. The van der Waals surface area contributed by atoms with Gasteiger partial charge in [-0.15, -0.1) is 0 Å². The van der Waals surface area contributed by atoms with Crippen molar-refractivity contribution in [3.05, 3.63) is 11.8 Å². The molecule has 1 unspecified atom stereocenters. The molecule has 5 nitrogen and oxygen atoms in total. The maximum absolute atomic E-state index is 5.71. The first-order valence-corrected chi connectivity index (χ1v) is 6.56. The quantitative estimate of drug-likeness (QED) is 0.874. The molecule has 0 saturated carbocycles. The lowest BCUT2D eigenvalue weighted by atomic mass is 10.1. The Hall–Kier alpha value is -1.36. The molecule has 100 valence electrons. The van der Waals surface area contributed by atoms with Crippen LogP contribution in [0.5, 0.6) is 5.88 Å². The highest BCUT2D eigenvalue weighted by Crippen LogP contribution is 2.22. The highest BCUT2D eigenvalue weighted by atomic mass is 16.5. The van der Waals surface area contributed by atoms with Crippen LogP contribution in [0.25, 0.3) is 0 Å². The summed E-state index contributed by atoms with van der Waals surface area (Å²) in [4.78, 5) is 11.2. The van der Waals surface area contributed by atoms with Gasteiger partial charge in [0.15, 0.2) is 0 Å². The zero-order valence-corrected chi connectivity index (χ0v) is 11.4. The summed E-state index contributed by atoms with van der Waals surface area (Å²) in [7, 11) is 0. The molecule has 2 rings (SSSR count). The van der Waals surface area contributed by atoms with Crippen molar-refractivity contribution in [1.29, 1.82) is 0 Å². The Bertz CT molecular complexity index is 408. The molecular weight excluding hydrogens is 228 g/mol. The second-order valence-corrected chi connectivity index (χ2v) is 5.15. The van der Waals surface area contributed by atoms with Crippen LogP contribution in [0.15, 0.2) is 6.07 Å². The number of aromatic nitrogens is 2. The van der Waals surface area contributed by atoms with Crippen molar-refractivity contribution < 1.29 is 4.74 Å². The van der Waals surface area contributed by atoms with Gasteiger partial charge in [-0.3, -0.25) is 0 Å². The predicted molar refractivity (Wildman–Crippen MR) is 71.9 cm³/mol. The minimum absolute atomic E-state index is 0.127. The smallest absolute Gasteiger partial charge is 0.228 e. The van der Waals surface area contributed by atoms with E-state index in [4.69, 9.17) is 10.5 Å². The van der Waals surface area contributed by atoms with Crippen molar-refractivity contribution in [2.24, 2.45) is 11.7 Å². The highest BCUT2D eigenvalue weighted by molar-refractivity contribution is 5.35. The second-order valence-electron chi connectivity index (χ2n) is 5.15. The largest absolute Gasteiger partial charge is 0.475 e. The minimum atomic E-state index is 0.127. The van der Waals surface area contributed by atoms with Gasteiger partial charge in [0, 0.05) is 24.8 Å². The number of hydrogen-bond donors (Lipinski definition) is 1. The van der Waals surface area contributed by atoms with Gasteiger partial charge in [0.25, 0.3) is 0 Å². The molecule has 18 heavy (non-hydrogen) atoms. The molecule has 1 atom stereocenters. The van der Waals surface area contributed by atoms with Crippen LogP contribution in [0.2, 0.25) is 0 Å². The Morgan fingerprint density at radius 1 is 1.50 bits per heavy atom. The standard InChI is InChI=1S/C13H22N4O/c1-9(2)18-12-6-10(3)15-13(16-12)17-5-4-11(7-14)8-17/h6,9,11H,4-5,7-8,14H2,1-3H3. The third-order valence-electron chi connectivity index (χ3n) is 3.08. The van der Waals surface area contributed by atoms with Gasteiger partial charge in [-0.1, -0.05) is 0 Å². The molecule has 1 fully saturated rings. The van der Waals surface area contributed by atoms with Gasteiger partial charge in [0.1, 0.15) is 0 Å². The second kappa shape index (κ2) is 5.52. The Balaban J connectivity index is 2.15. The molecule has 1 aromatic rings. The van der Waals surface area contributed by atoms with Crippen LogP contribution in [0, 0.1) is 12.8 Å². The molecule has 0 amide bonds. The summed E-state index contributed by atoms with van der Waals surface area (Å²) in [6, 6.07) is 1.87. The lowest BCUT2D eigenvalue weighted by Gasteiger charge is -2.18. The summed E-state index contributed by atoms with van der Waals surface area (Å²) < 4.78 is 5.65. The molecule has 0 aromatic carbocycles. The van der Waals surface area contributed by atoms with Crippen molar-refractivity contribution in [2.75, 3.05) is 24.5 Å². The van der Waals surface area contributed by atoms with E-state index < -0.39 is 0 Å². The van der Waals surface area contributed by atoms with Crippen molar-refractivity contribution >= 4 is 5.95 Å². The molecule has 1 aliphatic heterocycles. The number of hydrogen-bond acceptors (Lipinski definition) is 5. The van der Waals surface area contributed by atoms with E-state index in [1.54, 1.807) is 0 Å². The van der Waals surface area contributed by atoms with E-state index >= 15 is 0 Å². The maximum Gasteiger partial charge on any atom is 0.228 e. The van der Waals surface area contributed by atoms with Gasteiger partial charge in [0.2, 0.25) is 11.8 Å². The predicted octanol–water partition coefficient (Wildman–Crippen LogP) is 1.36. The van der Waals surface area contributed by atoms with Crippen LogP contribution in [-0.4, -0.2) is 35.7 Å². The summed E-state index contributed by atoms with van der Waals surface area (Å²) in [5.41, 5.74) is 6.64. The lowest BCUT2D eigenvalue weighted by Crippen LogP contribution is -2.25. The van der Waals surface area contributed by atoms with E-state index in [-0.39, 0.29) is 6.10 Å². The Kier molecular flexibility index (Phi) is 4.01. The zero-order valence-electron chi connectivity index (χ0n) is 11.4.